The largest absolute Gasteiger partial charge is 0.484 e. The highest BCUT2D eigenvalue weighted by atomic mass is 35.5. The van der Waals surface area contributed by atoms with Crippen molar-refractivity contribution in [1.82, 2.24) is 10.2 Å². The zero-order valence-corrected chi connectivity index (χ0v) is 16.5. The van der Waals surface area contributed by atoms with Gasteiger partial charge in [-0.05, 0) is 49.4 Å². The minimum absolute atomic E-state index is 0.123. The van der Waals surface area contributed by atoms with Crippen LogP contribution in [-0.2, 0) is 11.4 Å². The molecule has 0 saturated carbocycles. The number of rotatable bonds is 7. The van der Waals surface area contributed by atoms with Crippen LogP contribution in [0.4, 0.5) is 5.69 Å². The summed E-state index contributed by atoms with van der Waals surface area (Å²) in [6, 6.07) is 13.9. The molecule has 1 heterocycles. The van der Waals surface area contributed by atoms with Crippen LogP contribution in [0.25, 0.3) is 0 Å². The maximum Gasteiger partial charge on any atom is 0.277 e. The lowest BCUT2D eigenvalue weighted by Crippen LogP contribution is -2.22. The summed E-state index contributed by atoms with van der Waals surface area (Å²) in [5.41, 5.74) is 0.627. The smallest absolute Gasteiger partial charge is 0.277 e. The van der Waals surface area contributed by atoms with Crippen molar-refractivity contribution in [2.75, 3.05) is 5.32 Å². The number of halogens is 2. The van der Waals surface area contributed by atoms with Crippen molar-refractivity contribution in [3.05, 3.63) is 64.5 Å². The van der Waals surface area contributed by atoms with Crippen molar-refractivity contribution in [3.63, 3.8) is 0 Å². The number of nitrogens with zero attached hydrogens (tertiary/aromatic N) is 2. The Morgan fingerprint density at radius 2 is 1.96 bits per heavy atom. The predicted molar refractivity (Wildman–Crippen MR) is 105 cm³/mol. The van der Waals surface area contributed by atoms with E-state index in [1.165, 1.54) is 0 Å². The maximum absolute atomic E-state index is 12.3. The van der Waals surface area contributed by atoms with Gasteiger partial charge < -0.3 is 14.5 Å². The van der Waals surface area contributed by atoms with Crippen molar-refractivity contribution >= 4 is 46.6 Å². The Hall–Kier alpha value is -2.22. The number of anilines is 1. The third-order valence-corrected chi connectivity index (χ3v) is 4.78. The van der Waals surface area contributed by atoms with Crippen LogP contribution in [0.3, 0.4) is 0 Å². The summed E-state index contributed by atoms with van der Waals surface area (Å²) in [6.45, 7) is 1.87. The number of aromatic nitrogens is 2. The van der Waals surface area contributed by atoms with Gasteiger partial charge in [-0.1, -0.05) is 41.0 Å². The molecule has 1 amide bonds. The zero-order chi connectivity index (χ0) is 19.2. The fourth-order valence-corrected chi connectivity index (χ4v) is 3.05. The van der Waals surface area contributed by atoms with Crippen LogP contribution in [0, 0.1) is 0 Å². The van der Waals surface area contributed by atoms with E-state index < -0.39 is 5.25 Å². The highest BCUT2D eigenvalue weighted by Crippen LogP contribution is 2.24. The average Bonchev–Trinajstić information content (AvgIpc) is 3.08. The molecule has 0 unspecified atom stereocenters. The molecular formula is C18H15Cl2N3O3S. The van der Waals surface area contributed by atoms with Crippen LogP contribution in [-0.4, -0.2) is 21.4 Å². The van der Waals surface area contributed by atoms with Crippen molar-refractivity contribution < 1.29 is 13.9 Å². The van der Waals surface area contributed by atoms with Gasteiger partial charge in [0, 0.05) is 15.7 Å². The molecule has 0 aliphatic heterocycles. The lowest BCUT2D eigenvalue weighted by Gasteiger charge is -2.10. The number of amides is 1. The van der Waals surface area contributed by atoms with Crippen molar-refractivity contribution in [2.24, 2.45) is 0 Å². The molecule has 0 spiro atoms. The second-order valence-corrected chi connectivity index (χ2v) is 7.63. The molecule has 1 atom stereocenters. The summed E-state index contributed by atoms with van der Waals surface area (Å²) < 4.78 is 11.1. The number of carbonyl (C=O) groups excluding carboxylic acids is 1. The molecule has 6 nitrogen and oxygen atoms in total. The van der Waals surface area contributed by atoms with Gasteiger partial charge in [0.2, 0.25) is 5.91 Å². The van der Waals surface area contributed by atoms with Crippen molar-refractivity contribution in [3.8, 4) is 5.75 Å². The lowest BCUT2D eigenvalue weighted by atomic mass is 10.3. The van der Waals surface area contributed by atoms with Gasteiger partial charge in [0.1, 0.15) is 5.75 Å². The molecular weight excluding hydrogens is 409 g/mol. The Balaban J connectivity index is 1.51. The van der Waals surface area contributed by atoms with Gasteiger partial charge in [0.05, 0.1) is 5.25 Å². The monoisotopic (exact) mass is 423 g/mol. The first-order valence-electron chi connectivity index (χ1n) is 7.93. The summed E-state index contributed by atoms with van der Waals surface area (Å²) >= 11 is 12.9. The fourth-order valence-electron chi connectivity index (χ4n) is 2.03. The van der Waals surface area contributed by atoms with Gasteiger partial charge >= 0.3 is 0 Å². The Morgan fingerprint density at radius 1 is 1.19 bits per heavy atom. The first-order valence-corrected chi connectivity index (χ1v) is 9.57. The highest BCUT2D eigenvalue weighted by molar-refractivity contribution is 8.00. The summed E-state index contributed by atoms with van der Waals surface area (Å²) in [6.07, 6.45) is 0. The molecule has 0 aliphatic rings. The zero-order valence-electron chi connectivity index (χ0n) is 14.2. The number of ether oxygens (including phenoxy) is 1. The Kier molecular flexibility index (Phi) is 6.60. The van der Waals surface area contributed by atoms with E-state index in [0.717, 1.165) is 11.8 Å². The molecule has 0 saturated heterocycles. The normalized spacial score (nSPS) is 11.8. The number of thioether (sulfide) groups is 1. The van der Waals surface area contributed by atoms with E-state index in [2.05, 4.69) is 15.5 Å². The fraction of sp³-hybridized carbons (Fsp3) is 0.167. The molecule has 1 N–H and O–H groups in total. The van der Waals surface area contributed by atoms with Crippen LogP contribution in [0.2, 0.25) is 10.0 Å². The van der Waals surface area contributed by atoms with E-state index in [0.29, 0.717) is 32.6 Å². The van der Waals surface area contributed by atoms with Crippen molar-refractivity contribution in [1.29, 1.82) is 0 Å². The molecule has 27 heavy (non-hydrogen) atoms. The van der Waals surface area contributed by atoms with E-state index in [4.69, 9.17) is 32.4 Å². The van der Waals surface area contributed by atoms with Crippen molar-refractivity contribution in [2.45, 2.75) is 24.0 Å². The lowest BCUT2D eigenvalue weighted by molar-refractivity contribution is -0.115. The third-order valence-electron chi connectivity index (χ3n) is 3.36. The summed E-state index contributed by atoms with van der Waals surface area (Å²) in [5, 5.41) is 11.7. The van der Waals surface area contributed by atoms with Gasteiger partial charge in [-0.25, -0.2) is 0 Å². The molecule has 9 heteroatoms. The third kappa shape index (κ3) is 5.89. The van der Waals surface area contributed by atoms with Gasteiger partial charge in [-0.15, -0.1) is 10.2 Å². The second-order valence-electron chi connectivity index (χ2n) is 5.46. The highest BCUT2D eigenvalue weighted by Gasteiger charge is 2.18. The Labute approximate surface area is 170 Å². The molecule has 0 radical (unpaired) electrons. The van der Waals surface area contributed by atoms with Gasteiger partial charge in [0.25, 0.3) is 11.1 Å². The molecule has 2 aromatic carbocycles. The molecule has 0 fully saturated rings. The van der Waals surface area contributed by atoms with Gasteiger partial charge in [-0.3, -0.25) is 4.79 Å². The summed E-state index contributed by atoms with van der Waals surface area (Å²) in [4.78, 5) is 12.3. The van der Waals surface area contributed by atoms with E-state index in [9.17, 15) is 4.79 Å². The molecule has 3 rings (SSSR count). The average molecular weight is 424 g/mol. The van der Waals surface area contributed by atoms with Gasteiger partial charge in [0.15, 0.2) is 6.61 Å². The number of hydrogen-bond donors (Lipinski definition) is 1. The van der Waals surface area contributed by atoms with E-state index >= 15 is 0 Å². The number of carbonyl (C=O) groups is 1. The Morgan fingerprint density at radius 3 is 2.70 bits per heavy atom. The van der Waals surface area contributed by atoms with Crippen LogP contribution >= 0.6 is 35.0 Å². The molecule has 140 valence electrons. The number of hydrogen-bond acceptors (Lipinski definition) is 6. The predicted octanol–water partition coefficient (Wildman–Crippen LogP) is 5.07. The summed E-state index contributed by atoms with van der Waals surface area (Å²) in [5.74, 6) is 0.760. The first kappa shape index (κ1) is 19.5. The molecule has 3 aromatic rings. The number of nitrogens with one attached hydrogen (secondary N) is 1. The second kappa shape index (κ2) is 9.12. The minimum atomic E-state index is -0.436. The van der Waals surface area contributed by atoms with Crippen LogP contribution in [0.15, 0.2) is 58.2 Å². The van der Waals surface area contributed by atoms with E-state index in [1.807, 2.05) is 0 Å². The SMILES string of the molecule is C[C@H](Sc1nnc(COc2ccc(Cl)cc2)o1)C(=O)Nc1cccc(Cl)c1. The maximum atomic E-state index is 12.3. The van der Waals surface area contributed by atoms with E-state index in [1.54, 1.807) is 55.5 Å². The van der Waals surface area contributed by atoms with Crippen LogP contribution < -0.4 is 10.1 Å². The summed E-state index contributed by atoms with van der Waals surface area (Å²) in [7, 11) is 0. The topological polar surface area (TPSA) is 77.2 Å². The quantitative estimate of drug-likeness (QED) is 0.534. The minimum Gasteiger partial charge on any atom is -0.484 e. The first-order chi connectivity index (χ1) is 13.0. The van der Waals surface area contributed by atoms with Crippen LogP contribution in [0.1, 0.15) is 12.8 Å². The van der Waals surface area contributed by atoms with E-state index in [-0.39, 0.29) is 12.5 Å². The van der Waals surface area contributed by atoms with Crippen LogP contribution in [0.5, 0.6) is 5.75 Å². The molecule has 1 aromatic heterocycles. The Bertz CT molecular complexity index is 918. The molecule has 0 aliphatic carbocycles. The number of benzene rings is 2. The molecule has 0 bridgehead atoms. The standard InChI is InChI=1S/C18H15Cl2N3O3S/c1-11(17(24)21-14-4-2-3-13(20)9-14)27-18-23-22-16(26-18)10-25-15-7-5-12(19)6-8-15/h2-9,11H,10H2,1H3,(H,21,24)/t11-/m0/s1. The van der Waals surface area contributed by atoms with Gasteiger partial charge in [-0.2, -0.15) is 0 Å².